The van der Waals surface area contributed by atoms with Crippen molar-refractivity contribution in [1.29, 1.82) is 0 Å². The molecule has 0 N–H and O–H groups in total. The van der Waals surface area contributed by atoms with Gasteiger partial charge in [0, 0.05) is 0 Å². The van der Waals surface area contributed by atoms with Crippen molar-refractivity contribution >= 4 is 27.7 Å². The molecule has 3 nitrogen and oxygen atoms in total. The highest BCUT2D eigenvalue weighted by Crippen LogP contribution is 2.19. The van der Waals surface area contributed by atoms with E-state index in [4.69, 9.17) is 0 Å². The van der Waals surface area contributed by atoms with Gasteiger partial charge in [-0.1, -0.05) is 6.07 Å². The van der Waals surface area contributed by atoms with Crippen LogP contribution in [0.4, 0.5) is 4.39 Å². The van der Waals surface area contributed by atoms with Gasteiger partial charge in [0.2, 0.25) is 0 Å². The van der Waals surface area contributed by atoms with Gasteiger partial charge in [-0.2, -0.15) is 0 Å². The maximum Gasteiger partial charge on any atom is 0.379 e. The predicted octanol–water partition coefficient (Wildman–Crippen LogP) is 1.94. The monoisotopic (exact) mass is 260 g/mol. The van der Waals surface area contributed by atoms with E-state index in [2.05, 4.69) is 20.7 Å². The van der Waals surface area contributed by atoms with Crippen LogP contribution in [0.1, 0.15) is 10.4 Å². The lowest BCUT2D eigenvalue weighted by atomic mass is 10.1. The molecule has 1 aromatic carbocycles. The molecule has 0 amide bonds. The Kier molecular flexibility index (Phi) is 3.35. The second kappa shape index (κ2) is 4.32. The topological polar surface area (TPSA) is 43.4 Å². The normalized spacial score (nSPS) is 9.64. The summed E-state index contributed by atoms with van der Waals surface area (Å²) in [7, 11) is 1.07. The van der Waals surface area contributed by atoms with Gasteiger partial charge in [0.15, 0.2) is 0 Å². The number of ether oxygens (including phenoxy) is 1. The standard InChI is InChI=1S/C9H6BrFO3/c1-14-9(13)8(12)5-3-2-4-6(10)7(5)11/h2-4H,1H3. The first-order valence-corrected chi connectivity index (χ1v) is 4.44. The Morgan fingerprint density at radius 1 is 1.43 bits per heavy atom. The minimum Gasteiger partial charge on any atom is -0.463 e. The second-order valence-corrected chi connectivity index (χ2v) is 3.28. The molecular weight excluding hydrogens is 255 g/mol. The fourth-order valence-corrected chi connectivity index (χ4v) is 1.25. The highest BCUT2D eigenvalue weighted by molar-refractivity contribution is 9.10. The number of rotatable bonds is 2. The summed E-state index contributed by atoms with van der Waals surface area (Å²) in [5.41, 5.74) is -0.300. The van der Waals surface area contributed by atoms with E-state index < -0.39 is 17.6 Å². The summed E-state index contributed by atoms with van der Waals surface area (Å²) in [6, 6.07) is 4.12. The number of methoxy groups -OCH3 is 1. The third-order valence-corrected chi connectivity index (χ3v) is 2.18. The Hall–Kier alpha value is -1.23. The molecule has 0 aliphatic carbocycles. The number of carbonyl (C=O) groups excluding carboxylic acids is 2. The number of halogens is 2. The van der Waals surface area contributed by atoms with Crippen molar-refractivity contribution < 1.29 is 18.7 Å². The van der Waals surface area contributed by atoms with E-state index in [9.17, 15) is 14.0 Å². The molecule has 14 heavy (non-hydrogen) atoms. The first-order valence-electron chi connectivity index (χ1n) is 3.64. The van der Waals surface area contributed by atoms with Crippen molar-refractivity contribution in [2.45, 2.75) is 0 Å². The van der Waals surface area contributed by atoms with Gasteiger partial charge in [-0.25, -0.2) is 9.18 Å². The number of Topliss-reactive ketones (excluding diaryl/α,β-unsaturated/α-hetero) is 1. The van der Waals surface area contributed by atoms with Crippen molar-refractivity contribution in [2.75, 3.05) is 7.11 Å². The molecule has 5 heteroatoms. The van der Waals surface area contributed by atoms with E-state index in [-0.39, 0.29) is 10.0 Å². The average Bonchev–Trinajstić information content (AvgIpc) is 2.20. The first kappa shape index (κ1) is 10.8. The van der Waals surface area contributed by atoms with E-state index >= 15 is 0 Å². The third-order valence-electron chi connectivity index (χ3n) is 1.57. The number of benzene rings is 1. The van der Waals surface area contributed by atoms with Crippen LogP contribution >= 0.6 is 15.9 Å². The van der Waals surface area contributed by atoms with Crippen LogP contribution in [0.2, 0.25) is 0 Å². The van der Waals surface area contributed by atoms with Gasteiger partial charge >= 0.3 is 5.97 Å². The summed E-state index contributed by atoms with van der Waals surface area (Å²) in [6.07, 6.45) is 0. The highest BCUT2D eigenvalue weighted by atomic mass is 79.9. The minimum absolute atomic E-state index is 0.132. The van der Waals surface area contributed by atoms with Crippen LogP contribution in [0.3, 0.4) is 0 Å². The Morgan fingerprint density at radius 3 is 2.64 bits per heavy atom. The van der Waals surface area contributed by atoms with E-state index in [0.717, 1.165) is 7.11 Å². The van der Waals surface area contributed by atoms with Gasteiger partial charge in [-0.3, -0.25) is 4.79 Å². The second-order valence-electron chi connectivity index (χ2n) is 2.42. The van der Waals surface area contributed by atoms with Gasteiger partial charge in [0.05, 0.1) is 17.1 Å². The van der Waals surface area contributed by atoms with Gasteiger partial charge in [-0.15, -0.1) is 0 Å². The third kappa shape index (κ3) is 1.98. The summed E-state index contributed by atoms with van der Waals surface area (Å²) < 4.78 is 17.6. The quantitative estimate of drug-likeness (QED) is 0.464. The zero-order valence-electron chi connectivity index (χ0n) is 7.21. The summed E-state index contributed by atoms with van der Waals surface area (Å²) in [6.45, 7) is 0. The zero-order chi connectivity index (χ0) is 10.7. The lowest BCUT2D eigenvalue weighted by Gasteiger charge is -2.01. The lowest BCUT2D eigenvalue weighted by molar-refractivity contribution is -0.135. The Morgan fingerprint density at radius 2 is 2.07 bits per heavy atom. The average molecular weight is 261 g/mol. The fraction of sp³-hybridized carbons (Fsp3) is 0.111. The molecule has 0 aliphatic rings. The van der Waals surface area contributed by atoms with Crippen LogP contribution < -0.4 is 0 Å². The molecule has 0 atom stereocenters. The molecule has 74 valence electrons. The first-order chi connectivity index (χ1) is 6.57. The Bertz CT molecular complexity index is 390. The minimum atomic E-state index is -1.08. The van der Waals surface area contributed by atoms with Crippen molar-refractivity contribution in [2.24, 2.45) is 0 Å². The van der Waals surface area contributed by atoms with Crippen LogP contribution in [0.25, 0.3) is 0 Å². The van der Waals surface area contributed by atoms with E-state index in [1.165, 1.54) is 18.2 Å². The van der Waals surface area contributed by atoms with Crippen LogP contribution in [0, 0.1) is 5.82 Å². The number of carbonyl (C=O) groups is 2. The molecule has 0 aromatic heterocycles. The molecule has 1 aromatic rings. The van der Waals surface area contributed by atoms with Crippen molar-refractivity contribution in [3.05, 3.63) is 34.1 Å². The molecule has 0 radical (unpaired) electrons. The summed E-state index contributed by atoms with van der Waals surface area (Å²) in [4.78, 5) is 22.0. The van der Waals surface area contributed by atoms with E-state index in [0.29, 0.717) is 0 Å². The zero-order valence-corrected chi connectivity index (χ0v) is 8.80. The summed E-state index contributed by atoms with van der Waals surface area (Å²) in [5, 5.41) is 0. The van der Waals surface area contributed by atoms with Crippen LogP contribution in [0.5, 0.6) is 0 Å². The van der Waals surface area contributed by atoms with Crippen LogP contribution in [-0.4, -0.2) is 18.9 Å². The number of ketones is 1. The van der Waals surface area contributed by atoms with Crippen molar-refractivity contribution in [3.63, 3.8) is 0 Å². The molecule has 0 fully saturated rings. The lowest BCUT2D eigenvalue weighted by Crippen LogP contribution is -2.17. The predicted molar refractivity (Wildman–Crippen MR) is 50.4 cm³/mol. The molecule has 0 saturated heterocycles. The molecular formula is C9H6BrFO3. The largest absolute Gasteiger partial charge is 0.463 e. The van der Waals surface area contributed by atoms with E-state index in [1.54, 1.807) is 0 Å². The summed E-state index contributed by atoms with van der Waals surface area (Å²) in [5.74, 6) is -2.84. The van der Waals surface area contributed by atoms with Gasteiger partial charge in [-0.05, 0) is 28.1 Å². The smallest absolute Gasteiger partial charge is 0.379 e. The SMILES string of the molecule is COC(=O)C(=O)c1cccc(Br)c1F. The van der Waals surface area contributed by atoms with Gasteiger partial charge < -0.3 is 4.74 Å². The highest BCUT2D eigenvalue weighted by Gasteiger charge is 2.21. The number of hydrogen-bond donors (Lipinski definition) is 0. The van der Waals surface area contributed by atoms with E-state index in [1.807, 2.05) is 0 Å². The van der Waals surface area contributed by atoms with Crippen LogP contribution in [0.15, 0.2) is 22.7 Å². The molecule has 0 bridgehead atoms. The molecule has 0 saturated carbocycles. The fourth-order valence-electron chi connectivity index (χ4n) is 0.882. The van der Waals surface area contributed by atoms with Crippen molar-refractivity contribution in [1.82, 2.24) is 0 Å². The molecule has 1 rings (SSSR count). The Labute approximate surface area is 88.0 Å². The number of hydrogen-bond acceptors (Lipinski definition) is 3. The van der Waals surface area contributed by atoms with Crippen molar-refractivity contribution in [3.8, 4) is 0 Å². The maximum absolute atomic E-state index is 13.3. The molecule has 0 spiro atoms. The van der Waals surface area contributed by atoms with Gasteiger partial charge in [0.1, 0.15) is 5.82 Å². The van der Waals surface area contributed by atoms with Gasteiger partial charge in [0.25, 0.3) is 5.78 Å². The molecule has 0 aliphatic heterocycles. The molecule has 0 heterocycles. The Balaban J connectivity index is 3.14. The maximum atomic E-state index is 13.3. The van der Waals surface area contributed by atoms with Crippen LogP contribution in [-0.2, 0) is 9.53 Å². The number of esters is 1. The molecule has 0 unspecified atom stereocenters. The summed E-state index contributed by atoms with van der Waals surface area (Å²) >= 11 is 2.91.